The van der Waals surface area contributed by atoms with Crippen molar-refractivity contribution in [3.63, 3.8) is 0 Å². The molecule has 2 N–H and O–H groups in total. The van der Waals surface area contributed by atoms with Gasteiger partial charge in [-0.05, 0) is 40.4 Å². The monoisotopic (exact) mass is 276 g/mol. The molecule has 0 saturated heterocycles. The number of nitrogens with two attached hydrogens (primary N) is 1. The van der Waals surface area contributed by atoms with Gasteiger partial charge in [-0.2, -0.15) is 0 Å². The fourth-order valence-corrected chi connectivity index (χ4v) is 2.42. The van der Waals surface area contributed by atoms with Crippen molar-refractivity contribution in [1.29, 1.82) is 0 Å². The molecule has 5 heteroatoms. The summed E-state index contributed by atoms with van der Waals surface area (Å²) in [5.41, 5.74) is 1.20. The number of hydrogen-bond acceptors (Lipinski definition) is 3. The van der Waals surface area contributed by atoms with E-state index < -0.39 is 0 Å². The molecule has 1 saturated carbocycles. The first-order valence-electron chi connectivity index (χ1n) is 4.31. The predicted octanol–water partition coefficient (Wildman–Crippen LogP) is 2.42. The summed E-state index contributed by atoms with van der Waals surface area (Å²) in [5, 5.41) is 0.506. The molecule has 1 fully saturated rings. The maximum atomic E-state index is 5.85. The molecule has 1 aromatic rings. The molecule has 2 rings (SSSR count). The highest BCUT2D eigenvalue weighted by Gasteiger charge is 2.46. The van der Waals surface area contributed by atoms with Crippen LogP contribution in [0.1, 0.15) is 18.4 Å². The Hall–Kier alpha value is -0.160. The highest BCUT2D eigenvalue weighted by molar-refractivity contribution is 9.10. The molecule has 1 aliphatic carbocycles. The van der Waals surface area contributed by atoms with Gasteiger partial charge in [-0.25, -0.2) is 10.9 Å². The lowest BCUT2D eigenvalue weighted by atomic mass is 9.98. The Labute approximate surface area is 95.7 Å². The molecule has 0 aromatic carbocycles. The van der Waals surface area contributed by atoms with Crippen LogP contribution in [-0.4, -0.2) is 11.6 Å². The summed E-state index contributed by atoms with van der Waals surface area (Å²) < 4.78 is 0.969. The van der Waals surface area contributed by atoms with Gasteiger partial charge < -0.3 is 4.84 Å². The Morgan fingerprint density at radius 1 is 1.64 bits per heavy atom. The van der Waals surface area contributed by atoms with E-state index in [1.807, 2.05) is 6.07 Å². The minimum Gasteiger partial charge on any atom is -0.304 e. The van der Waals surface area contributed by atoms with Gasteiger partial charge in [-0.15, -0.1) is 0 Å². The van der Waals surface area contributed by atoms with E-state index in [2.05, 4.69) is 20.9 Å². The predicted molar refractivity (Wildman–Crippen MR) is 58.0 cm³/mol. The summed E-state index contributed by atoms with van der Waals surface area (Å²) in [6.07, 6.45) is 3.89. The van der Waals surface area contributed by atoms with Crippen molar-refractivity contribution in [2.45, 2.75) is 18.3 Å². The smallest absolute Gasteiger partial charge is 0.129 e. The van der Waals surface area contributed by atoms with Crippen LogP contribution in [0.3, 0.4) is 0 Å². The van der Waals surface area contributed by atoms with Gasteiger partial charge in [0, 0.05) is 16.1 Å². The van der Waals surface area contributed by atoms with Gasteiger partial charge in [0.05, 0.1) is 6.61 Å². The van der Waals surface area contributed by atoms with E-state index in [4.69, 9.17) is 22.3 Å². The van der Waals surface area contributed by atoms with Gasteiger partial charge in [0.1, 0.15) is 5.15 Å². The maximum Gasteiger partial charge on any atom is 0.129 e. The third-order valence-electron chi connectivity index (χ3n) is 2.61. The molecule has 0 amide bonds. The molecule has 76 valence electrons. The molecule has 0 radical (unpaired) electrons. The number of hydrogen-bond donors (Lipinski definition) is 1. The molecular weight excluding hydrogens is 267 g/mol. The zero-order valence-corrected chi connectivity index (χ0v) is 9.81. The van der Waals surface area contributed by atoms with Crippen LogP contribution in [0.5, 0.6) is 0 Å². The number of halogens is 2. The third-order valence-corrected chi connectivity index (χ3v) is 3.45. The highest BCUT2D eigenvalue weighted by atomic mass is 79.9. The summed E-state index contributed by atoms with van der Waals surface area (Å²) in [6, 6.07) is 1.87. The van der Waals surface area contributed by atoms with Crippen LogP contribution in [0.2, 0.25) is 5.15 Å². The molecule has 3 nitrogen and oxygen atoms in total. The first kappa shape index (κ1) is 10.4. The normalized spacial score (nSPS) is 18.2. The molecular formula is C9H10BrClN2O. The Balaban J connectivity index is 2.35. The summed E-state index contributed by atoms with van der Waals surface area (Å²) in [5.74, 6) is 5.12. The molecule has 1 aromatic heterocycles. The number of pyridine rings is 1. The first-order chi connectivity index (χ1) is 6.68. The molecule has 0 unspecified atom stereocenters. The minimum absolute atomic E-state index is 0.0557. The third kappa shape index (κ3) is 1.80. The van der Waals surface area contributed by atoms with Crippen LogP contribution in [0.4, 0.5) is 0 Å². The van der Waals surface area contributed by atoms with Crippen molar-refractivity contribution in [3.8, 4) is 0 Å². The van der Waals surface area contributed by atoms with Crippen molar-refractivity contribution in [2.24, 2.45) is 5.90 Å². The van der Waals surface area contributed by atoms with Gasteiger partial charge in [0.25, 0.3) is 0 Å². The number of nitrogens with zero attached hydrogens (tertiary/aromatic N) is 1. The van der Waals surface area contributed by atoms with E-state index in [1.54, 1.807) is 6.20 Å². The molecule has 0 bridgehead atoms. The summed E-state index contributed by atoms with van der Waals surface area (Å²) in [4.78, 5) is 8.72. The van der Waals surface area contributed by atoms with Crippen LogP contribution < -0.4 is 5.90 Å². The van der Waals surface area contributed by atoms with E-state index in [-0.39, 0.29) is 5.41 Å². The molecule has 0 aliphatic heterocycles. The second kappa shape index (κ2) is 3.77. The Kier molecular flexibility index (Phi) is 2.79. The van der Waals surface area contributed by atoms with E-state index in [0.29, 0.717) is 11.8 Å². The highest BCUT2D eigenvalue weighted by Crippen LogP contribution is 2.50. The largest absolute Gasteiger partial charge is 0.304 e. The molecule has 0 spiro atoms. The quantitative estimate of drug-likeness (QED) is 0.682. The second-order valence-corrected chi connectivity index (χ2v) is 4.82. The van der Waals surface area contributed by atoms with Crippen LogP contribution in [0, 0.1) is 0 Å². The maximum absolute atomic E-state index is 5.85. The number of aromatic nitrogens is 1. The Morgan fingerprint density at radius 3 is 2.93 bits per heavy atom. The van der Waals surface area contributed by atoms with Crippen molar-refractivity contribution < 1.29 is 4.84 Å². The van der Waals surface area contributed by atoms with E-state index in [1.165, 1.54) is 0 Å². The van der Waals surface area contributed by atoms with Crippen molar-refractivity contribution in [1.82, 2.24) is 4.98 Å². The van der Waals surface area contributed by atoms with Crippen molar-refractivity contribution in [3.05, 3.63) is 27.5 Å². The summed E-state index contributed by atoms with van der Waals surface area (Å²) in [7, 11) is 0. The van der Waals surface area contributed by atoms with Gasteiger partial charge in [0.2, 0.25) is 0 Å². The zero-order valence-electron chi connectivity index (χ0n) is 7.46. The van der Waals surface area contributed by atoms with Crippen LogP contribution in [-0.2, 0) is 10.3 Å². The van der Waals surface area contributed by atoms with Gasteiger partial charge in [-0.1, -0.05) is 11.6 Å². The standard InChI is InChI=1S/C9H10BrClN2O/c10-7-4-13-8(11)3-6(7)9(1-2-9)5-14-12/h3-4H,1-2,5,12H2. The molecule has 14 heavy (non-hydrogen) atoms. The summed E-state index contributed by atoms with van der Waals surface area (Å²) in [6.45, 7) is 0.534. The lowest BCUT2D eigenvalue weighted by molar-refractivity contribution is 0.116. The lowest BCUT2D eigenvalue weighted by Crippen LogP contribution is -2.18. The molecule has 1 heterocycles. The van der Waals surface area contributed by atoms with Gasteiger partial charge in [-0.3, -0.25) is 0 Å². The van der Waals surface area contributed by atoms with Crippen LogP contribution >= 0.6 is 27.5 Å². The van der Waals surface area contributed by atoms with Crippen molar-refractivity contribution in [2.75, 3.05) is 6.61 Å². The average Bonchev–Trinajstić information content (AvgIpc) is 2.91. The fourth-order valence-electron chi connectivity index (χ4n) is 1.62. The topological polar surface area (TPSA) is 48.1 Å². The lowest BCUT2D eigenvalue weighted by Gasteiger charge is -2.15. The van der Waals surface area contributed by atoms with Crippen molar-refractivity contribution >= 4 is 27.5 Å². The van der Waals surface area contributed by atoms with E-state index in [9.17, 15) is 0 Å². The van der Waals surface area contributed by atoms with E-state index >= 15 is 0 Å². The summed E-state index contributed by atoms with van der Waals surface area (Å²) >= 11 is 9.31. The Morgan fingerprint density at radius 2 is 2.36 bits per heavy atom. The molecule has 0 atom stereocenters. The van der Waals surface area contributed by atoms with E-state index in [0.717, 1.165) is 22.9 Å². The fraction of sp³-hybridized carbons (Fsp3) is 0.444. The van der Waals surface area contributed by atoms with Crippen LogP contribution in [0.15, 0.2) is 16.7 Å². The zero-order chi connectivity index (χ0) is 10.2. The minimum atomic E-state index is 0.0557. The van der Waals surface area contributed by atoms with Gasteiger partial charge >= 0.3 is 0 Å². The molecule has 1 aliphatic rings. The number of rotatable bonds is 3. The van der Waals surface area contributed by atoms with Gasteiger partial charge in [0.15, 0.2) is 0 Å². The first-order valence-corrected chi connectivity index (χ1v) is 5.48. The SMILES string of the molecule is NOCC1(c2cc(Cl)ncc2Br)CC1. The average molecular weight is 278 g/mol. The Bertz CT molecular complexity index is 355. The second-order valence-electron chi connectivity index (χ2n) is 3.58. The van der Waals surface area contributed by atoms with Crippen LogP contribution in [0.25, 0.3) is 0 Å².